The van der Waals surface area contributed by atoms with Crippen LogP contribution in [0.2, 0.25) is 5.02 Å². The molecule has 1 N–H and O–H groups in total. The Kier molecular flexibility index (Phi) is 6.71. The molecule has 2 atom stereocenters. The van der Waals surface area contributed by atoms with Crippen molar-refractivity contribution in [2.24, 2.45) is 0 Å². The fourth-order valence-electron chi connectivity index (χ4n) is 2.21. The normalized spacial score (nSPS) is 19.6. The van der Waals surface area contributed by atoms with E-state index in [-0.39, 0.29) is 29.4 Å². The molecule has 0 aliphatic carbocycles. The van der Waals surface area contributed by atoms with Crippen LogP contribution in [0.5, 0.6) is 5.75 Å². The third kappa shape index (κ3) is 4.46. The maximum Gasteiger partial charge on any atom is 0.263 e. The first-order valence-corrected chi connectivity index (χ1v) is 6.99. The summed E-state index contributed by atoms with van der Waals surface area (Å²) in [7, 11) is 0. The lowest BCUT2D eigenvalue weighted by atomic mass is 10.2. The number of hydrogen-bond donors (Lipinski definition) is 1. The Morgan fingerprint density at radius 2 is 2.29 bits per heavy atom. The average Bonchev–Trinajstić information content (AvgIpc) is 2.41. The Labute approximate surface area is 135 Å². The van der Waals surface area contributed by atoms with Gasteiger partial charge in [0.25, 0.3) is 5.91 Å². The van der Waals surface area contributed by atoms with Crippen molar-refractivity contribution < 1.29 is 13.9 Å². The summed E-state index contributed by atoms with van der Waals surface area (Å²) in [6.45, 7) is 5.87. The lowest BCUT2D eigenvalue weighted by Crippen LogP contribution is -2.55. The van der Waals surface area contributed by atoms with Crippen LogP contribution in [0.3, 0.4) is 0 Å². The first-order valence-electron chi connectivity index (χ1n) is 6.62. The standard InChI is InChI=1S/C14H18ClFN2O2.ClH/c1-9-8-17-5-6-18(9)14(19)10(2)20-13-4-3-11(16)7-12(13)15;/h3-4,7,9-10,17H,5-6,8H2,1-2H3;1H/t9-,10?;/m0./s1. The van der Waals surface area contributed by atoms with Crippen molar-refractivity contribution in [2.75, 3.05) is 19.6 Å². The van der Waals surface area contributed by atoms with Crippen LogP contribution in [-0.4, -0.2) is 42.6 Å². The Hall–Kier alpha value is -1.04. The average molecular weight is 337 g/mol. The number of ether oxygens (including phenoxy) is 1. The van der Waals surface area contributed by atoms with Gasteiger partial charge in [0.05, 0.1) is 5.02 Å². The highest BCUT2D eigenvalue weighted by molar-refractivity contribution is 6.32. The summed E-state index contributed by atoms with van der Waals surface area (Å²) < 4.78 is 18.5. The minimum Gasteiger partial charge on any atom is -0.479 e. The molecule has 21 heavy (non-hydrogen) atoms. The number of rotatable bonds is 3. The summed E-state index contributed by atoms with van der Waals surface area (Å²) in [5.74, 6) is -0.201. The van der Waals surface area contributed by atoms with Gasteiger partial charge in [-0.15, -0.1) is 12.4 Å². The van der Waals surface area contributed by atoms with Crippen LogP contribution in [-0.2, 0) is 4.79 Å². The number of nitrogens with zero attached hydrogens (tertiary/aromatic N) is 1. The Bertz CT molecular complexity index is 502. The molecule has 1 aromatic rings. The van der Waals surface area contributed by atoms with Gasteiger partial charge in [0.15, 0.2) is 6.10 Å². The van der Waals surface area contributed by atoms with E-state index in [0.29, 0.717) is 12.3 Å². The van der Waals surface area contributed by atoms with E-state index in [1.165, 1.54) is 18.2 Å². The smallest absolute Gasteiger partial charge is 0.263 e. The van der Waals surface area contributed by atoms with Crippen LogP contribution in [0.4, 0.5) is 4.39 Å². The van der Waals surface area contributed by atoms with Crippen LogP contribution < -0.4 is 10.1 Å². The van der Waals surface area contributed by atoms with Crippen LogP contribution in [0.15, 0.2) is 18.2 Å². The lowest BCUT2D eigenvalue weighted by molar-refractivity contribution is -0.140. The molecule has 1 aliphatic rings. The number of amides is 1. The molecule has 1 heterocycles. The molecular formula is C14H19Cl2FN2O2. The van der Waals surface area contributed by atoms with Gasteiger partial charge in [0, 0.05) is 25.7 Å². The summed E-state index contributed by atoms with van der Waals surface area (Å²) in [6.07, 6.45) is -0.654. The number of halogens is 3. The Morgan fingerprint density at radius 1 is 1.57 bits per heavy atom. The molecular weight excluding hydrogens is 318 g/mol. The van der Waals surface area contributed by atoms with E-state index in [0.717, 1.165) is 13.1 Å². The summed E-state index contributed by atoms with van der Waals surface area (Å²) in [4.78, 5) is 14.1. The number of piperazine rings is 1. The van der Waals surface area contributed by atoms with Crippen LogP contribution >= 0.6 is 24.0 Å². The lowest BCUT2D eigenvalue weighted by Gasteiger charge is -2.35. The number of nitrogens with one attached hydrogen (secondary N) is 1. The van der Waals surface area contributed by atoms with E-state index >= 15 is 0 Å². The summed E-state index contributed by atoms with van der Waals surface area (Å²) >= 11 is 5.89. The highest BCUT2D eigenvalue weighted by Gasteiger charge is 2.28. The number of carbonyl (C=O) groups excluding carboxylic acids is 1. The van der Waals surface area contributed by atoms with Crippen molar-refractivity contribution in [3.8, 4) is 5.75 Å². The quantitative estimate of drug-likeness (QED) is 0.921. The van der Waals surface area contributed by atoms with E-state index in [4.69, 9.17) is 16.3 Å². The number of hydrogen-bond acceptors (Lipinski definition) is 3. The number of benzene rings is 1. The monoisotopic (exact) mass is 336 g/mol. The van der Waals surface area contributed by atoms with Gasteiger partial charge >= 0.3 is 0 Å². The van der Waals surface area contributed by atoms with Gasteiger partial charge < -0.3 is 15.0 Å². The van der Waals surface area contributed by atoms with Crippen molar-refractivity contribution in [1.82, 2.24) is 10.2 Å². The molecule has 7 heteroatoms. The largest absolute Gasteiger partial charge is 0.479 e. The molecule has 1 aliphatic heterocycles. The predicted octanol–water partition coefficient (Wildman–Crippen LogP) is 2.49. The molecule has 0 bridgehead atoms. The Morgan fingerprint density at radius 3 is 2.90 bits per heavy atom. The minimum atomic E-state index is -0.654. The predicted molar refractivity (Wildman–Crippen MR) is 82.8 cm³/mol. The summed E-state index contributed by atoms with van der Waals surface area (Å²) in [6, 6.07) is 3.99. The van der Waals surface area contributed by atoms with Crippen molar-refractivity contribution in [3.63, 3.8) is 0 Å². The van der Waals surface area contributed by atoms with Crippen LogP contribution in [0.25, 0.3) is 0 Å². The van der Waals surface area contributed by atoms with Gasteiger partial charge in [-0.05, 0) is 32.0 Å². The van der Waals surface area contributed by atoms with E-state index in [1.54, 1.807) is 11.8 Å². The van der Waals surface area contributed by atoms with Gasteiger partial charge in [0.2, 0.25) is 0 Å². The molecule has 0 saturated carbocycles. The summed E-state index contributed by atoms with van der Waals surface area (Å²) in [5.41, 5.74) is 0. The first kappa shape index (κ1) is 18.0. The van der Waals surface area contributed by atoms with E-state index in [9.17, 15) is 9.18 Å². The molecule has 118 valence electrons. The molecule has 1 unspecified atom stereocenters. The zero-order chi connectivity index (χ0) is 14.7. The van der Waals surface area contributed by atoms with Crippen LogP contribution in [0, 0.1) is 5.82 Å². The molecule has 2 rings (SSSR count). The maximum atomic E-state index is 13.0. The number of carbonyl (C=O) groups is 1. The highest BCUT2D eigenvalue weighted by Crippen LogP contribution is 2.26. The van der Waals surface area contributed by atoms with Crippen LogP contribution in [0.1, 0.15) is 13.8 Å². The Balaban J connectivity index is 0.00000220. The topological polar surface area (TPSA) is 41.6 Å². The maximum absolute atomic E-state index is 13.0. The second kappa shape index (κ2) is 7.82. The first-order chi connectivity index (χ1) is 9.49. The van der Waals surface area contributed by atoms with Crippen molar-refractivity contribution >= 4 is 29.9 Å². The second-order valence-electron chi connectivity index (χ2n) is 4.92. The fourth-order valence-corrected chi connectivity index (χ4v) is 2.43. The third-order valence-electron chi connectivity index (χ3n) is 3.33. The van der Waals surface area contributed by atoms with E-state index < -0.39 is 11.9 Å². The van der Waals surface area contributed by atoms with Gasteiger partial charge in [-0.1, -0.05) is 11.6 Å². The molecule has 0 radical (unpaired) electrons. The molecule has 1 aromatic carbocycles. The van der Waals surface area contributed by atoms with Gasteiger partial charge in [-0.2, -0.15) is 0 Å². The molecule has 1 saturated heterocycles. The van der Waals surface area contributed by atoms with Crippen molar-refractivity contribution in [3.05, 3.63) is 29.0 Å². The van der Waals surface area contributed by atoms with Crippen molar-refractivity contribution in [1.29, 1.82) is 0 Å². The zero-order valence-corrected chi connectivity index (χ0v) is 13.5. The molecule has 1 fully saturated rings. The molecule has 0 spiro atoms. The zero-order valence-electron chi connectivity index (χ0n) is 11.9. The molecule has 4 nitrogen and oxygen atoms in total. The van der Waals surface area contributed by atoms with E-state index in [1.807, 2.05) is 6.92 Å². The SMILES string of the molecule is CC(Oc1ccc(F)cc1Cl)C(=O)N1CCNC[C@@H]1C.Cl. The van der Waals surface area contributed by atoms with Gasteiger partial charge in [-0.25, -0.2) is 4.39 Å². The molecule has 0 aromatic heterocycles. The minimum absolute atomic E-state index is 0. The fraction of sp³-hybridized carbons (Fsp3) is 0.500. The third-order valence-corrected chi connectivity index (χ3v) is 3.63. The van der Waals surface area contributed by atoms with Gasteiger partial charge in [0.1, 0.15) is 11.6 Å². The van der Waals surface area contributed by atoms with Crippen molar-refractivity contribution in [2.45, 2.75) is 26.0 Å². The second-order valence-corrected chi connectivity index (χ2v) is 5.33. The highest BCUT2D eigenvalue weighted by atomic mass is 35.5. The van der Waals surface area contributed by atoms with E-state index in [2.05, 4.69) is 5.32 Å². The summed E-state index contributed by atoms with van der Waals surface area (Å²) in [5, 5.41) is 3.39. The molecule has 1 amide bonds. The van der Waals surface area contributed by atoms with Gasteiger partial charge in [-0.3, -0.25) is 4.79 Å².